The van der Waals surface area contributed by atoms with E-state index in [2.05, 4.69) is 38.1 Å². The number of nitrogens with one attached hydrogen (secondary N) is 2. The maximum absolute atomic E-state index is 12.2. The predicted molar refractivity (Wildman–Crippen MR) is 70.5 cm³/mol. The van der Waals surface area contributed by atoms with Crippen molar-refractivity contribution in [2.75, 3.05) is 0 Å². The minimum atomic E-state index is -0.240. The van der Waals surface area contributed by atoms with E-state index < -0.39 is 0 Å². The third-order valence-electron chi connectivity index (χ3n) is 3.05. The second-order valence-corrected chi connectivity index (χ2v) is 5.66. The number of nitrogens with zero attached hydrogens (tertiary/aromatic N) is 3. The zero-order chi connectivity index (χ0) is 13.2. The number of aromatic nitrogens is 4. The van der Waals surface area contributed by atoms with Gasteiger partial charge in [-0.25, -0.2) is 0 Å². The van der Waals surface area contributed by atoms with Gasteiger partial charge in [0.25, 0.3) is 0 Å². The van der Waals surface area contributed by atoms with Crippen LogP contribution in [0.3, 0.4) is 0 Å². The summed E-state index contributed by atoms with van der Waals surface area (Å²) in [5, 5.41) is 16.4. The first-order valence-electron chi connectivity index (χ1n) is 6.02. The molecule has 2 heterocycles. The number of benzene rings is 1. The minimum Gasteiger partial charge on any atom is -0.345 e. The van der Waals surface area contributed by atoms with E-state index in [0.717, 1.165) is 6.42 Å². The average molecular weight is 275 g/mol. The largest absolute Gasteiger partial charge is 0.345 e. The van der Waals surface area contributed by atoms with Gasteiger partial charge in [-0.15, -0.1) is 22.0 Å². The molecule has 7 heteroatoms. The monoisotopic (exact) mass is 275 g/mol. The molecule has 2 unspecified atom stereocenters. The van der Waals surface area contributed by atoms with Crippen molar-refractivity contribution >= 4 is 17.7 Å². The quantitative estimate of drug-likeness (QED) is 0.876. The number of H-pyrrole nitrogens is 1. The summed E-state index contributed by atoms with van der Waals surface area (Å²) in [7, 11) is 0. The highest BCUT2D eigenvalue weighted by Gasteiger charge is 2.29. The lowest BCUT2D eigenvalue weighted by atomic mass is 10.1. The van der Waals surface area contributed by atoms with E-state index in [1.165, 1.54) is 10.5 Å². The standard InChI is InChI=1S/C12H13N5OS/c1-7(11-14-16-17-15-11)13-12(18)10-6-8-4-2-3-5-9(8)19-10/h2-5,7,10H,6H2,1H3,(H,13,18)(H,14,15,16,17). The van der Waals surface area contributed by atoms with Crippen molar-refractivity contribution in [3.8, 4) is 0 Å². The number of fused-ring (bicyclic) bond motifs is 1. The molecular weight excluding hydrogens is 262 g/mol. The van der Waals surface area contributed by atoms with Crippen LogP contribution in [-0.4, -0.2) is 31.8 Å². The van der Waals surface area contributed by atoms with E-state index in [1.54, 1.807) is 11.8 Å². The Labute approximate surface area is 114 Å². The number of thioether (sulfide) groups is 1. The fourth-order valence-corrected chi connectivity index (χ4v) is 3.26. The molecule has 1 amide bonds. The first-order valence-corrected chi connectivity index (χ1v) is 6.90. The third kappa shape index (κ3) is 2.46. The highest BCUT2D eigenvalue weighted by molar-refractivity contribution is 8.01. The van der Waals surface area contributed by atoms with E-state index in [9.17, 15) is 4.79 Å². The Morgan fingerprint density at radius 1 is 1.53 bits per heavy atom. The van der Waals surface area contributed by atoms with Crippen LogP contribution in [0.1, 0.15) is 24.4 Å². The fraction of sp³-hybridized carbons (Fsp3) is 0.333. The predicted octanol–water partition coefficient (Wildman–Crippen LogP) is 1.09. The molecule has 0 saturated carbocycles. The van der Waals surface area contributed by atoms with Gasteiger partial charge in [-0.3, -0.25) is 4.79 Å². The summed E-state index contributed by atoms with van der Waals surface area (Å²) < 4.78 is 0. The van der Waals surface area contributed by atoms with Crippen LogP contribution in [0.5, 0.6) is 0 Å². The Balaban J connectivity index is 1.64. The third-order valence-corrected chi connectivity index (χ3v) is 4.36. The zero-order valence-corrected chi connectivity index (χ0v) is 11.1. The van der Waals surface area contributed by atoms with Gasteiger partial charge in [0.2, 0.25) is 5.91 Å². The van der Waals surface area contributed by atoms with Gasteiger partial charge < -0.3 is 5.32 Å². The van der Waals surface area contributed by atoms with Gasteiger partial charge in [-0.05, 0) is 25.0 Å². The molecular formula is C12H13N5OS. The molecule has 2 aromatic rings. The minimum absolute atomic E-state index is 0.0125. The zero-order valence-electron chi connectivity index (χ0n) is 10.3. The summed E-state index contributed by atoms with van der Waals surface area (Å²) in [4.78, 5) is 13.4. The second-order valence-electron chi connectivity index (χ2n) is 4.42. The van der Waals surface area contributed by atoms with Crippen LogP contribution in [-0.2, 0) is 11.2 Å². The highest BCUT2D eigenvalue weighted by Crippen LogP contribution is 2.36. The molecule has 0 radical (unpaired) electrons. The molecule has 6 nitrogen and oxygen atoms in total. The van der Waals surface area contributed by atoms with E-state index in [-0.39, 0.29) is 17.2 Å². The topological polar surface area (TPSA) is 83.6 Å². The van der Waals surface area contributed by atoms with E-state index >= 15 is 0 Å². The van der Waals surface area contributed by atoms with Gasteiger partial charge in [0.05, 0.1) is 11.3 Å². The van der Waals surface area contributed by atoms with Crippen LogP contribution < -0.4 is 5.32 Å². The molecule has 1 aromatic heterocycles. The molecule has 1 aliphatic rings. The summed E-state index contributed by atoms with van der Waals surface area (Å²) in [6.45, 7) is 1.84. The van der Waals surface area contributed by atoms with Gasteiger partial charge in [0.15, 0.2) is 5.82 Å². The van der Waals surface area contributed by atoms with Crippen LogP contribution >= 0.6 is 11.8 Å². The number of aromatic amines is 1. The van der Waals surface area contributed by atoms with Crippen LogP contribution in [0.4, 0.5) is 0 Å². The highest BCUT2D eigenvalue weighted by atomic mass is 32.2. The molecule has 0 saturated heterocycles. The molecule has 1 aliphatic heterocycles. The van der Waals surface area contributed by atoms with Crippen LogP contribution in [0, 0.1) is 0 Å². The van der Waals surface area contributed by atoms with Crippen molar-refractivity contribution < 1.29 is 4.79 Å². The van der Waals surface area contributed by atoms with Gasteiger partial charge in [0.1, 0.15) is 0 Å². The van der Waals surface area contributed by atoms with Crippen molar-refractivity contribution in [3.63, 3.8) is 0 Å². The van der Waals surface area contributed by atoms with Crippen LogP contribution in [0.25, 0.3) is 0 Å². The SMILES string of the molecule is CC(NC(=O)C1Cc2ccccc2S1)c1nn[nH]n1. The van der Waals surface area contributed by atoms with Gasteiger partial charge in [-0.2, -0.15) is 5.21 Å². The Morgan fingerprint density at radius 3 is 3.11 bits per heavy atom. The summed E-state index contributed by atoms with van der Waals surface area (Å²) >= 11 is 1.61. The summed E-state index contributed by atoms with van der Waals surface area (Å²) in [5.74, 6) is 0.507. The van der Waals surface area contributed by atoms with E-state index in [1.807, 2.05) is 19.1 Å². The van der Waals surface area contributed by atoms with Crippen molar-refractivity contribution in [2.24, 2.45) is 0 Å². The molecule has 3 rings (SSSR count). The number of tetrazole rings is 1. The number of rotatable bonds is 3. The molecule has 19 heavy (non-hydrogen) atoms. The first kappa shape index (κ1) is 12.2. The second kappa shape index (κ2) is 5.00. The number of amides is 1. The normalized spacial score (nSPS) is 18.9. The molecule has 0 bridgehead atoms. The number of carbonyl (C=O) groups excluding carboxylic acids is 1. The molecule has 0 spiro atoms. The Bertz CT molecular complexity index is 561. The van der Waals surface area contributed by atoms with Crippen LogP contribution in [0.15, 0.2) is 29.2 Å². The van der Waals surface area contributed by atoms with Crippen molar-refractivity contribution in [3.05, 3.63) is 35.7 Å². The van der Waals surface area contributed by atoms with Gasteiger partial charge >= 0.3 is 0 Å². The molecule has 2 atom stereocenters. The Morgan fingerprint density at radius 2 is 2.37 bits per heavy atom. The maximum atomic E-state index is 12.2. The van der Waals surface area contributed by atoms with E-state index in [0.29, 0.717) is 5.82 Å². The molecule has 2 N–H and O–H groups in total. The lowest BCUT2D eigenvalue weighted by Gasteiger charge is -2.13. The van der Waals surface area contributed by atoms with Crippen LogP contribution in [0.2, 0.25) is 0 Å². The fourth-order valence-electron chi connectivity index (χ4n) is 2.05. The number of hydrogen-bond acceptors (Lipinski definition) is 5. The summed E-state index contributed by atoms with van der Waals surface area (Å²) in [5.41, 5.74) is 1.24. The summed E-state index contributed by atoms with van der Waals surface area (Å²) in [6, 6.07) is 7.87. The average Bonchev–Trinajstić information content (AvgIpc) is 3.07. The molecule has 0 aliphatic carbocycles. The molecule has 98 valence electrons. The molecule has 0 fully saturated rings. The smallest absolute Gasteiger partial charge is 0.234 e. The first-order chi connectivity index (χ1) is 9.24. The van der Waals surface area contributed by atoms with E-state index in [4.69, 9.17) is 0 Å². The molecule has 1 aromatic carbocycles. The lowest BCUT2D eigenvalue weighted by molar-refractivity contribution is -0.121. The van der Waals surface area contributed by atoms with Gasteiger partial charge in [-0.1, -0.05) is 23.4 Å². The number of carbonyl (C=O) groups is 1. The maximum Gasteiger partial charge on any atom is 0.234 e. The lowest BCUT2D eigenvalue weighted by Crippen LogP contribution is -2.34. The van der Waals surface area contributed by atoms with Gasteiger partial charge in [0, 0.05) is 4.90 Å². The van der Waals surface area contributed by atoms with Crippen molar-refractivity contribution in [1.29, 1.82) is 0 Å². The number of hydrogen-bond donors (Lipinski definition) is 2. The Hall–Kier alpha value is -1.89. The van der Waals surface area contributed by atoms with Crippen molar-refractivity contribution in [2.45, 2.75) is 29.5 Å². The Kier molecular flexibility index (Phi) is 3.20. The summed E-state index contributed by atoms with van der Waals surface area (Å²) in [6.07, 6.45) is 0.769. The van der Waals surface area contributed by atoms with Crippen molar-refractivity contribution in [1.82, 2.24) is 25.9 Å².